The van der Waals surface area contributed by atoms with E-state index in [4.69, 9.17) is 10.5 Å². The van der Waals surface area contributed by atoms with Crippen LogP contribution in [0.15, 0.2) is 12.1 Å². The van der Waals surface area contributed by atoms with Gasteiger partial charge in [0.15, 0.2) is 0 Å². The molecule has 1 aliphatic rings. The first-order valence-electron chi connectivity index (χ1n) is 5.05. The zero-order chi connectivity index (χ0) is 10.8. The van der Waals surface area contributed by atoms with E-state index in [1.165, 1.54) is 0 Å². The average molecular weight is 206 g/mol. The van der Waals surface area contributed by atoms with E-state index in [1.807, 2.05) is 13.0 Å². The molecule has 2 rings (SSSR count). The molecule has 0 saturated carbocycles. The Hall–Kier alpha value is -1.71. The number of hydrogen-bond acceptors (Lipinski definition) is 3. The molecule has 0 fully saturated rings. The van der Waals surface area contributed by atoms with Crippen LogP contribution >= 0.6 is 0 Å². The van der Waals surface area contributed by atoms with Crippen LogP contribution in [0, 0.1) is 0 Å². The van der Waals surface area contributed by atoms with E-state index >= 15 is 0 Å². The molecule has 0 atom stereocenters. The van der Waals surface area contributed by atoms with Gasteiger partial charge in [-0.3, -0.25) is 4.79 Å². The summed E-state index contributed by atoms with van der Waals surface area (Å²) in [5.74, 6) is 0.735. The Labute approximate surface area is 88.4 Å². The fourth-order valence-electron chi connectivity index (χ4n) is 1.70. The van der Waals surface area contributed by atoms with Crippen molar-refractivity contribution < 1.29 is 9.53 Å². The van der Waals surface area contributed by atoms with Crippen molar-refractivity contribution in [1.29, 1.82) is 0 Å². The van der Waals surface area contributed by atoms with Gasteiger partial charge in [-0.25, -0.2) is 0 Å². The van der Waals surface area contributed by atoms with Gasteiger partial charge in [-0.05, 0) is 24.1 Å². The van der Waals surface area contributed by atoms with Gasteiger partial charge in [0, 0.05) is 5.69 Å². The topological polar surface area (TPSA) is 64.3 Å². The largest absolute Gasteiger partial charge is 0.491 e. The molecule has 1 aromatic carbocycles. The van der Waals surface area contributed by atoms with Crippen molar-refractivity contribution in [3.05, 3.63) is 17.7 Å². The van der Waals surface area contributed by atoms with Gasteiger partial charge < -0.3 is 15.8 Å². The molecule has 1 aliphatic heterocycles. The maximum absolute atomic E-state index is 11.3. The van der Waals surface area contributed by atoms with E-state index in [0.717, 1.165) is 17.7 Å². The predicted octanol–water partition coefficient (Wildman–Crippen LogP) is 1.55. The Balaban J connectivity index is 2.50. The summed E-state index contributed by atoms with van der Waals surface area (Å²) >= 11 is 0. The molecule has 0 unspecified atom stereocenters. The lowest BCUT2D eigenvalue weighted by molar-refractivity contribution is -0.116. The SMILES string of the molecule is CCc1cc(N)cc2c1OCCC(=O)N2. The first-order valence-corrected chi connectivity index (χ1v) is 5.05. The van der Waals surface area contributed by atoms with Crippen LogP contribution in [0.2, 0.25) is 0 Å². The maximum atomic E-state index is 11.3. The number of benzene rings is 1. The monoisotopic (exact) mass is 206 g/mol. The van der Waals surface area contributed by atoms with Gasteiger partial charge in [0.05, 0.1) is 18.7 Å². The fraction of sp³-hybridized carbons (Fsp3) is 0.364. The molecule has 0 aromatic heterocycles. The van der Waals surface area contributed by atoms with E-state index in [9.17, 15) is 4.79 Å². The Morgan fingerprint density at radius 2 is 2.33 bits per heavy atom. The highest BCUT2D eigenvalue weighted by Crippen LogP contribution is 2.33. The molecule has 4 heteroatoms. The van der Waals surface area contributed by atoms with Gasteiger partial charge in [0.2, 0.25) is 5.91 Å². The predicted molar refractivity (Wildman–Crippen MR) is 59.0 cm³/mol. The molecular weight excluding hydrogens is 192 g/mol. The number of anilines is 2. The first kappa shape index (κ1) is 9.83. The molecule has 1 heterocycles. The minimum absolute atomic E-state index is 0.0265. The summed E-state index contributed by atoms with van der Waals surface area (Å²) in [5, 5.41) is 2.79. The number of nitrogens with one attached hydrogen (secondary N) is 1. The van der Waals surface area contributed by atoms with Crippen molar-refractivity contribution in [2.75, 3.05) is 17.7 Å². The number of carbonyl (C=O) groups excluding carboxylic acids is 1. The molecule has 15 heavy (non-hydrogen) atoms. The molecule has 0 radical (unpaired) electrons. The van der Waals surface area contributed by atoms with Crippen molar-refractivity contribution in [1.82, 2.24) is 0 Å². The zero-order valence-electron chi connectivity index (χ0n) is 8.67. The highest BCUT2D eigenvalue weighted by atomic mass is 16.5. The van der Waals surface area contributed by atoms with Gasteiger partial charge in [-0.2, -0.15) is 0 Å². The molecule has 1 amide bonds. The normalized spacial score (nSPS) is 14.9. The van der Waals surface area contributed by atoms with Gasteiger partial charge in [-0.1, -0.05) is 6.92 Å². The average Bonchev–Trinajstić information content (AvgIpc) is 2.37. The quantitative estimate of drug-likeness (QED) is 0.685. The Morgan fingerprint density at radius 3 is 3.07 bits per heavy atom. The van der Waals surface area contributed by atoms with Crippen molar-refractivity contribution in [3.8, 4) is 5.75 Å². The molecule has 0 spiro atoms. The van der Waals surface area contributed by atoms with Gasteiger partial charge in [-0.15, -0.1) is 0 Å². The number of aryl methyl sites for hydroxylation is 1. The standard InChI is InChI=1S/C11H14N2O2/c1-2-7-5-8(12)6-9-11(7)15-4-3-10(14)13-9/h5-6H,2-4,12H2,1H3,(H,13,14). The second-order valence-corrected chi connectivity index (χ2v) is 3.56. The number of fused-ring (bicyclic) bond motifs is 1. The van der Waals surface area contributed by atoms with Gasteiger partial charge in [0.1, 0.15) is 5.75 Å². The lowest BCUT2D eigenvalue weighted by Gasteiger charge is -2.12. The van der Waals surface area contributed by atoms with E-state index < -0.39 is 0 Å². The summed E-state index contributed by atoms with van der Waals surface area (Å²) in [6.07, 6.45) is 1.22. The van der Waals surface area contributed by atoms with Gasteiger partial charge >= 0.3 is 0 Å². The summed E-state index contributed by atoms with van der Waals surface area (Å²) in [6, 6.07) is 3.62. The van der Waals surface area contributed by atoms with Crippen molar-refractivity contribution in [2.24, 2.45) is 0 Å². The Kier molecular flexibility index (Phi) is 2.49. The molecule has 0 saturated heterocycles. The highest BCUT2D eigenvalue weighted by molar-refractivity contribution is 5.94. The Morgan fingerprint density at radius 1 is 1.53 bits per heavy atom. The van der Waals surface area contributed by atoms with Crippen LogP contribution in [0.3, 0.4) is 0 Å². The third-order valence-electron chi connectivity index (χ3n) is 2.42. The van der Waals surface area contributed by atoms with Crippen LogP contribution < -0.4 is 15.8 Å². The third-order valence-corrected chi connectivity index (χ3v) is 2.42. The highest BCUT2D eigenvalue weighted by Gasteiger charge is 2.16. The molecular formula is C11H14N2O2. The van der Waals surface area contributed by atoms with Crippen LogP contribution in [0.25, 0.3) is 0 Å². The number of nitrogen functional groups attached to an aromatic ring is 1. The fourth-order valence-corrected chi connectivity index (χ4v) is 1.70. The van der Waals surface area contributed by atoms with E-state index in [1.54, 1.807) is 6.07 Å². The maximum Gasteiger partial charge on any atom is 0.227 e. The lowest BCUT2D eigenvalue weighted by atomic mass is 10.1. The number of amides is 1. The summed E-state index contributed by atoms with van der Waals surface area (Å²) in [7, 11) is 0. The molecule has 1 aromatic rings. The van der Waals surface area contributed by atoms with Crippen LogP contribution in [0.4, 0.5) is 11.4 Å². The number of nitrogens with two attached hydrogens (primary N) is 1. The van der Waals surface area contributed by atoms with Crippen LogP contribution in [0.1, 0.15) is 18.9 Å². The number of rotatable bonds is 1. The van der Waals surface area contributed by atoms with Crippen LogP contribution in [-0.2, 0) is 11.2 Å². The third kappa shape index (κ3) is 1.88. The minimum Gasteiger partial charge on any atom is -0.491 e. The number of ether oxygens (including phenoxy) is 1. The molecule has 0 aliphatic carbocycles. The van der Waals surface area contributed by atoms with Crippen LogP contribution in [-0.4, -0.2) is 12.5 Å². The Bertz CT molecular complexity index is 402. The van der Waals surface area contributed by atoms with Crippen molar-refractivity contribution in [3.63, 3.8) is 0 Å². The molecule has 4 nitrogen and oxygen atoms in total. The number of hydrogen-bond donors (Lipinski definition) is 2. The van der Waals surface area contributed by atoms with E-state index in [-0.39, 0.29) is 5.91 Å². The summed E-state index contributed by atoms with van der Waals surface area (Å²) in [5.41, 5.74) is 8.12. The number of carbonyl (C=O) groups is 1. The summed E-state index contributed by atoms with van der Waals surface area (Å²) in [4.78, 5) is 11.3. The molecule has 0 bridgehead atoms. The van der Waals surface area contributed by atoms with E-state index in [0.29, 0.717) is 24.4 Å². The van der Waals surface area contributed by atoms with E-state index in [2.05, 4.69) is 5.32 Å². The molecule has 80 valence electrons. The zero-order valence-corrected chi connectivity index (χ0v) is 8.67. The lowest BCUT2D eigenvalue weighted by Crippen LogP contribution is -2.10. The summed E-state index contributed by atoms with van der Waals surface area (Å²) in [6.45, 7) is 2.46. The first-order chi connectivity index (χ1) is 7.20. The summed E-state index contributed by atoms with van der Waals surface area (Å²) < 4.78 is 5.56. The second-order valence-electron chi connectivity index (χ2n) is 3.56. The van der Waals surface area contributed by atoms with Crippen molar-refractivity contribution >= 4 is 17.3 Å². The van der Waals surface area contributed by atoms with Crippen molar-refractivity contribution in [2.45, 2.75) is 19.8 Å². The van der Waals surface area contributed by atoms with Gasteiger partial charge in [0.25, 0.3) is 0 Å². The molecule has 3 N–H and O–H groups in total. The van der Waals surface area contributed by atoms with Crippen LogP contribution in [0.5, 0.6) is 5.75 Å². The second kappa shape index (κ2) is 3.81. The smallest absolute Gasteiger partial charge is 0.227 e. The minimum atomic E-state index is -0.0265.